The van der Waals surface area contributed by atoms with Gasteiger partial charge in [-0.3, -0.25) is 0 Å². The lowest BCUT2D eigenvalue weighted by Gasteiger charge is -1.99. The van der Waals surface area contributed by atoms with E-state index in [0.29, 0.717) is 0 Å². The lowest BCUT2D eigenvalue weighted by Crippen LogP contribution is -1.95. The van der Waals surface area contributed by atoms with Crippen LogP contribution in [0.15, 0.2) is 12.5 Å². The van der Waals surface area contributed by atoms with Crippen molar-refractivity contribution in [3.8, 4) is 0 Å². The van der Waals surface area contributed by atoms with Crippen molar-refractivity contribution in [2.45, 2.75) is 48.5 Å². The molecule has 4 heterocycles. The number of nitrogens with zero attached hydrogens (tertiary/aromatic N) is 7. The molecule has 7 nitrogen and oxygen atoms in total. The zero-order valence-corrected chi connectivity index (χ0v) is 15.8. The molecule has 25 heavy (non-hydrogen) atoms. The summed E-state index contributed by atoms with van der Waals surface area (Å²) in [7, 11) is 0. The van der Waals surface area contributed by atoms with Gasteiger partial charge in [0.1, 0.15) is 12.2 Å². The Morgan fingerprint density at radius 3 is 1.88 bits per heavy atom. The third-order valence-electron chi connectivity index (χ3n) is 4.49. The van der Waals surface area contributed by atoms with Gasteiger partial charge in [-0.25, -0.2) is 24.0 Å². The molecular weight excluding hydrogens is 314 g/mol. The highest BCUT2D eigenvalue weighted by Crippen LogP contribution is 2.13. The Morgan fingerprint density at radius 1 is 0.680 bits per heavy atom. The van der Waals surface area contributed by atoms with Gasteiger partial charge in [-0.2, -0.15) is 10.2 Å². The maximum Gasteiger partial charge on any atom is 0.162 e. The average molecular weight is 337 g/mol. The van der Waals surface area contributed by atoms with Crippen LogP contribution in [-0.4, -0.2) is 34.2 Å². The van der Waals surface area contributed by atoms with Gasteiger partial charge in [-0.15, -0.1) is 0 Å². The van der Waals surface area contributed by atoms with Gasteiger partial charge >= 0.3 is 0 Å². The topological polar surface area (TPSA) is 73.3 Å². The normalized spacial score (nSPS) is 11.0. The Morgan fingerprint density at radius 2 is 1.24 bits per heavy atom. The molecule has 0 aromatic carbocycles. The number of hydrogen-bond donors (Lipinski definition) is 0. The monoisotopic (exact) mass is 337 g/mol. The van der Waals surface area contributed by atoms with Crippen LogP contribution in [0.1, 0.15) is 39.6 Å². The van der Waals surface area contributed by atoms with Gasteiger partial charge in [-0.05, 0) is 54.0 Å². The summed E-state index contributed by atoms with van der Waals surface area (Å²) in [4.78, 5) is 12.8. The highest BCUT2D eigenvalue weighted by Gasteiger charge is 2.07. The molecule has 130 valence electrons. The molecule has 0 fully saturated rings. The Bertz CT molecular complexity index is 1070. The second-order valence-corrected chi connectivity index (χ2v) is 6.37. The molecule has 0 atom stereocenters. The zero-order valence-electron chi connectivity index (χ0n) is 15.8. The van der Waals surface area contributed by atoms with Gasteiger partial charge in [0.05, 0.1) is 11.4 Å². The van der Waals surface area contributed by atoms with Crippen LogP contribution in [0.3, 0.4) is 0 Å². The number of aryl methyl sites for hydroxylation is 7. The van der Waals surface area contributed by atoms with Gasteiger partial charge in [0.2, 0.25) is 0 Å². The fourth-order valence-electron chi connectivity index (χ4n) is 2.52. The lowest BCUT2D eigenvalue weighted by atomic mass is 10.2. The first-order valence-electron chi connectivity index (χ1n) is 8.23. The van der Waals surface area contributed by atoms with Gasteiger partial charge in [-0.1, -0.05) is 0 Å². The van der Waals surface area contributed by atoms with E-state index in [1.54, 1.807) is 10.8 Å². The van der Waals surface area contributed by atoms with Gasteiger partial charge in [0.15, 0.2) is 11.3 Å². The van der Waals surface area contributed by atoms with E-state index in [1.165, 1.54) is 11.1 Å². The molecule has 0 saturated carbocycles. The highest BCUT2D eigenvalue weighted by atomic mass is 15.3. The molecule has 4 aromatic rings. The fourth-order valence-corrected chi connectivity index (χ4v) is 2.52. The minimum atomic E-state index is 0.783. The first-order chi connectivity index (χ1) is 11.8. The van der Waals surface area contributed by atoms with Crippen LogP contribution in [0, 0.1) is 48.5 Å². The van der Waals surface area contributed by atoms with E-state index in [1.807, 2.05) is 52.3 Å². The molecule has 0 saturated heterocycles. The smallest absolute Gasteiger partial charge is 0.162 e. The van der Waals surface area contributed by atoms with Crippen molar-refractivity contribution in [1.82, 2.24) is 34.2 Å². The first kappa shape index (κ1) is 17.0. The van der Waals surface area contributed by atoms with Crippen molar-refractivity contribution in [2.75, 3.05) is 0 Å². The van der Waals surface area contributed by atoms with E-state index in [9.17, 15) is 0 Å². The predicted octanol–water partition coefficient (Wildman–Crippen LogP) is 3.01. The minimum absolute atomic E-state index is 0.783. The van der Waals surface area contributed by atoms with Crippen LogP contribution < -0.4 is 0 Å². The van der Waals surface area contributed by atoms with Gasteiger partial charge < -0.3 is 0 Å². The van der Waals surface area contributed by atoms with Crippen LogP contribution in [0.5, 0.6) is 0 Å². The summed E-state index contributed by atoms with van der Waals surface area (Å²) in [5.74, 6) is 0.783. The first-order valence-corrected chi connectivity index (χ1v) is 8.23. The Kier molecular flexibility index (Phi) is 4.24. The van der Waals surface area contributed by atoms with Crippen LogP contribution in [0.25, 0.3) is 11.3 Å². The van der Waals surface area contributed by atoms with Crippen LogP contribution in [-0.2, 0) is 0 Å². The maximum atomic E-state index is 4.50. The molecule has 4 rings (SSSR count). The second-order valence-electron chi connectivity index (χ2n) is 6.37. The van der Waals surface area contributed by atoms with Crippen molar-refractivity contribution >= 4 is 11.3 Å². The van der Waals surface area contributed by atoms with E-state index in [2.05, 4.69) is 32.1 Å². The van der Waals surface area contributed by atoms with E-state index in [-0.39, 0.29) is 0 Å². The second kappa shape index (κ2) is 6.23. The van der Waals surface area contributed by atoms with Crippen molar-refractivity contribution < 1.29 is 0 Å². The van der Waals surface area contributed by atoms with Crippen LogP contribution in [0.4, 0.5) is 0 Å². The van der Waals surface area contributed by atoms with Crippen molar-refractivity contribution in [2.24, 2.45) is 0 Å². The number of hydrogen-bond acceptors (Lipinski definition) is 5. The van der Waals surface area contributed by atoms with Gasteiger partial charge in [0, 0.05) is 23.0 Å². The van der Waals surface area contributed by atoms with Gasteiger partial charge in [0.25, 0.3) is 0 Å². The molecule has 0 aliphatic heterocycles. The largest absolute Gasteiger partial charge is 0.233 e. The number of fused-ring (bicyclic) bond motifs is 2. The minimum Gasteiger partial charge on any atom is -0.233 e. The standard InChI is InChI=1S/C10H13N3.C8H10N4/c1-6-5-13-10(11-8(6)3)7(2)9(4)12-13;1-5-6(2)11-12-4-9-7(3)10-8(5)12/h5H,1-4H3;4H,1-3H3. The Labute approximate surface area is 146 Å². The van der Waals surface area contributed by atoms with Crippen molar-refractivity contribution in [1.29, 1.82) is 0 Å². The zero-order chi connectivity index (χ0) is 18.3. The SMILES string of the molecule is Cc1cn2nc(C)c(C)c2nc1C.Cc1ncn2nc(C)c(C)c2n1. The molecule has 0 radical (unpaired) electrons. The number of rotatable bonds is 0. The summed E-state index contributed by atoms with van der Waals surface area (Å²) in [5.41, 5.74) is 8.49. The molecule has 0 aliphatic rings. The summed E-state index contributed by atoms with van der Waals surface area (Å²) in [6.45, 7) is 14.0. The highest BCUT2D eigenvalue weighted by molar-refractivity contribution is 5.50. The molecule has 7 heteroatoms. The molecule has 0 unspecified atom stereocenters. The Balaban J connectivity index is 0.000000146. The van der Waals surface area contributed by atoms with Crippen molar-refractivity contribution in [3.63, 3.8) is 0 Å². The van der Waals surface area contributed by atoms with E-state index in [0.717, 1.165) is 39.8 Å². The Hall–Kier alpha value is -2.83. The molecule has 0 amide bonds. The summed E-state index contributed by atoms with van der Waals surface area (Å²) < 4.78 is 3.56. The lowest BCUT2D eigenvalue weighted by molar-refractivity contribution is 0.857. The predicted molar refractivity (Wildman–Crippen MR) is 96.9 cm³/mol. The van der Waals surface area contributed by atoms with E-state index >= 15 is 0 Å². The number of aromatic nitrogens is 7. The van der Waals surface area contributed by atoms with Crippen LogP contribution in [0.2, 0.25) is 0 Å². The van der Waals surface area contributed by atoms with E-state index in [4.69, 9.17) is 0 Å². The molecule has 0 bridgehead atoms. The summed E-state index contributed by atoms with van der Waals surface area (Å²) >= 11 is 0. The molecule has 0 aliphatic carbocycles. The van der Waals surface area contributed by atoms with E-state index < -0.39 is 0 Å². The third-order valence-corrected chi connectivity index (χ3v) is 4.49. The quantitative estimate of drug-likeness (QED) is 0.493. The summed E-state index contributed by atoms with van der Waals surface area (Å²) in [6, 6.07) is 0. The fraction of sp³-hybridized carbons (Fsp3) is 0.389. The summed E-state index contributed by atoms with van der Waals surface area (Å²) in [6.07, 6.45) is 3.72. The van der Waals surface area contributed by atoms with Crippen LogP contribution >= 0.6 is 0 Å². The summed E-state index contributed by atoms with van der Waals surface area (Å²) in [5, 5.41) is 8.61. The molecular formula is C18H23N7. The third kappa shape index (κ3) is 3.09. The molecule has 0 N–H and O–H groups in total. The molecule has 0 spiro atoms. The molecule has 4 aromatic heterocycles. The average Bonchev–Trinajstić information content (AvgIpc) is 2.99. The maximum absolute atomic E-state index is 4.50. The van der Waals surface area contributed by atoms with Crippen molar-refractivity contribution in [3.05, 3.63) is 52.1 Å².